The quantitative estimate of drug-likeness (QED) is 0.789. The molecule has 1 heterocycles. The summed E-state index contributed by atoms with van der Waals surface area (Å²) >= 11 is 3.26. The van der Waals surface area contributed by atoms with Crippen molar-refractivity contribution in [3.05, 3.63) is 57.6 Å². The number of benzene rings is 2. The number of phenolic OH excluding ortho intramolecular Hbond substituents is 1. The fraction of sp³-hybridized carbons (Fsp3) is 0.133. The van der Waals surface area contributed by atoms with Gasteiger partial charge in [-0.05, 0) is 41.5 Å². The van der Waals surface area contributed by atoms with Crippen molar-refractivity contribution in [2.45, 2.75) is 13.1 Å². The zero-order valence-electron chi connectivity index (χ0n) is 10.6. The van der Waals surface area contributed by atoms with Gasteiger partial charge in [-0.1, -0.05) is 22.0 Å². The third-order valence-corrected chi connectivity index (χ3v) is 3.92. The number of hydrogen-bond donors (Lipinski definition) is 2. The molecule has 0 atom stereocenters. The first-order chi connectivity index (χ1) is 9.54. The average Bonchev–Trinajstić information content (AvgIpc) is 2.81. The number of hydrogen-bond acceptors (Lipinski definition) is 3. The van der Waals surface area contributed by atoms with Crippen LogP contribution in [0.3, 0.4) is 0 Å². The predicted octanol–water partition coefficient (Wildman–Crippen LogP) is 2.89. The van der Waals surface area contributed by atoms with Gasteiger partial charge >= 0.3 is 0 Å². The first kappa shape index (κ1) is 13.0. The number of nitrogen functional groups attached to an aromatic ring is 1. The molecule has 0 aromatic heterocycles. The van der Waals surface area contributed by atoms with E-state index in [2.05, 4.69) is 15.9 Å². The van der Waals surface area contributed by atoms with Crippen molar-refractivity contribution in [2.75, 3.05) is 5.73 Å². The summed E-state index contributed by atoms with van der Waals surface area (Å²) in [6.45, 7) is 1.07. The summed E-state index contributed by atoms with van der Waals surface area (Å²) < 4.78 is 0.740. The molecule has 0 fully saturated rings. The Bertz CT molecular complexity index is 700. The molecule has 20 heavy (non-hydrogen) atoms. The Morgan fingerprint density at radius 3 is 2.65 bits per heavy atom. The number of halogens is 1. The lowest BCUT2D eigenvalue weighted by Gasteiger charge is -2.16. The van der Waals surface area contributed by atoms with E-state index in [0.29, 0.717) is 24.3 Å². The van der Waals surface area contributed by atoms with Gasteiger partial charge in [-0.3, -0.25) is 4.79 Å². The summed E-state index contributed by atoms with van der Waals surface area (Å²) in [6, 6.07) is 10.6. The van der Waals surface area contributed by atoms with Gasteiger partial charge in [0, 0.05) is 23.2 Å². The number of nitrogens with two attached hydrogens (primary N) is 1. The van der Waals surface area contributed by atoms with Crippen molar-refractivity contribution in [3.8, 4) is 5.75 Å². The summed E-state index contributed by atoms with van der Waals surface area (Å²) in [4.78, 5) is 14.2. The molecule has 1 aliphatic heterocycles. The molecule has 3 rings (SSSR count). The van der Waals surface area contributed by atoms with Crippen molar-refractivity contribution in [3.63, 3.8) is 0 Å². The Hall–Kier alpha value is -2.01. The van der Waals surface area contributed by atoms with Gasteiger partial charge in [0.05, 0.1) is 5.56 Å². The van der Waals surface area contributed by atoms with Crippen LogP contribution in [-0.4, -0.2) is 15.9 Å². The predicted molar refractivity (Wildman–Crippen MR) is 80.2 cm³/mol. The second-order valence-electron chi connectivity index (χ2n) is 4.85. The molecule has 5 heteroatoms. The Kier molecular flexibility index (Phi) is 3.14. The number of nitrogens with zero attached hydrogens (tertiary/aromatic N) is 1. The fourth-order valence-electron chi connectivity index (χ4n) is 2.41. The molecule has 3 N–H and O–H groups in total. The number of fused-ring (bicyclic) bond motifs is 1. The van der Waals surface area contributed by atoms with Gasteiger partial charge in [-0.15, -0.1) is 0 Å². The van der Waals surface area contributed by atoms with Crippen molar-refractivity contribution >= 4 is 27.5 Å². The molecule has 0 saturated carbocycles. The summed E-state index contributed by atoms with van der Waals surface area (Å²) in [5.74, 6) is -0.190. The monoisotopic (exact) mass is 332 g/mol. The van der Waals surface area contributed by atoms with E-state index in [1.165, 1.54) is 6.07 Å². The van der Waals surface area contributed by atoms with Crippen LogP contribution in [0, 0.1) is 0 Å². The molecular weight excluding hydrogens is 320 g/mol. The first-order valence-corrected chi connectivity index (χ1v) is 6.99. The highest BCUT2D eigenvalue weighted by Gasteiger charge is 2.25. The summed E-state index contributed by atoms with van der Waals surface area (Å²) in [5.41, 5.74) is 8.93. The van der Waals surface area contributed by atoms with E-state index in [9.17, 15) is 9.90 Å². The minimum atomic E-state index is -0.176. The maximum Gasteiger partial charge on any atom is 0.258 e. The summed E-state index contributed by atoms with van der Waals surface area (Å²) in [5, 5.41) is 9.89. The second kappa shape index (κ2) is 4.83. The van der Waals surface area contributed by atoms with Gasteiger partial charge in [-0.2, -0.15) is 0 Å². The van der Waals surface area contributed by atoms with Crippen LogP contribution in [0.15, 0.2) is 40.9 Å². The molecule has 0 unspecified atom stereocenters. The molecule has 1 amide bonds. The maximum absolute atomic E-state index is 12.5. The number of carbonyl (C=O) groups excluding carboxylic acids is 1. The molecule has 4 nitrogen and oxygen atoms in total. The average molecular weight is 333 g/mol. The first-order valence-electron chi connectivity index (χ1n) is 6.19. The van der Waals surface area contributed by atoms with Gasteiger partial charge in [-0.25, -0.2) is 0 Å². The van der Waals surface area contributed by atoms with E-state index >= 15 is 0 Å². The molecule has 0 aliphatic carbocycles. The molecule has 1 aliphatic rings. The third-order valence-electron chi connectivity index (χ3n) is 3.43. The molecule has 2 aromatic rings. The summed E-state index contributed by atoms with van der Waals surface area (Å²) in [7, 11) is 0. The molecule has 102 valence electrons. The van der Waals surface area contributed by atoms with Gasteiger partial charge in [0.2, 0.25) is 0 Å². The van der Waals surface area contributed by atoms with Gasteiger partial charge in [0.1, 0.15) is 5.75 Å². The van der Waals surface area contributed by atoms with Crippen LogP contribution in [0.4, 0.5) is 5.69 Å². The number of phenols is 1. The minimum absolute atomic E-state index is 0.0140. The van der Waals surface area contributed by atoms with E-state index in [0.717, 1.165) is 15.6 Å². The van der Waals surface area contributed by atoms with Crippen molar-refractivity contribution in [2.24, 2.45) is 0 Å². The topological polar surface area (TPSA) is 66.6 Å². The Balaban J connectivity index is 1.87. The van der Waals surface area contributed by atoms with E-state index in [-0.39, 0.29) is 11.7 Å². The Labute approximate surface area is 125 Å². The zero-order valence-corrected chi connectivity index (χ0v) is 12.2. The van der Waals surface area contributed by atoms with Crippen LogP contribution in [0.25, 0.3) is 0 Å². The minimum Gasteiger partial charge on any atom is -0.507 e. The smallest absolute Gasteiger partial charge is 0.258 e. The van der Waals surface area contributed by atoms with Gasteiger partial charge in [0.15, 0.2) is 0 Å². The molecule has 0 bridgehead atoms. The molecule has 0 spiro atoms. The van der Waals surface area contributed by atoms with E-state index in [1.807, 2.05) is 18.2 Å². The zero-order chi connectivity index (χ0) is 14.3. The van der Waals surface area contributed by atoms with E-state index in [1.54, 1.807) is 17.0 Å². The highest BCUT2D eigenvalue weighted by Crippen LogP contribution is 2.29. The molecular formula is C15H13BrN2O2. The van der Waals surface area contributed by atoms with Crippen molar-refractivity contribution in [1.29, 1.82) is 0 Å². The lowest BCUT2D eigenvalue weighted by atomic mass is 10.1. The molecule has 0 radical (unpaired) electrons. The van der Waals surface area contributed by atoms with Crippen molar-refractivity contribution < 1.29 is 9.90 Å². The number of aromatic hydroxyl groups is 1. The largest absolute Gasteiger partial charge is 0.507 e. The highest BCUT2D eigenvalue weighted by molar-refractivity contribution is 9.10. The highest BCUT2D eigenvalue weighted by atomic mass is 79.9. The number of carbonyl (C=O) groups is 1. The van der Waals surface area contributed by atoms with Crippen LogP contribution in [0.2, 0.25) is 0 Å². The summed E-state index contributed by atoms with van der Waals surface area (Å²) in [6.07, 6.45) is 0. The molecule has 2 aromatic carbocycles. The lowest BCUT2D eigenvalue weighted by molar-refractivity contribution is 0.0748. The van der Waals surface area contributed by atoms with E-state index in [4.69, 9.17) is 5.73 Å². The third kappa shape index (κ3) is 2.25. The number of rotatable bonds is 1. The Morgan fingerprint density at radius 1 is 1.15 bits per heavy atom. The second-order valence-corrected chi connectivity index (χ2v) is 5.77. The van der Waals surface area contributed by atoms with Crippen LogP contribution in [0.5, 0.6) is 5.75 Å². The van der Waals surface area contributed by atoms with Gasteiger partial charge in [0.25, 0.3) is 5.91 Å². The van der Waals surface area contributed by atoms with Crippen LogP contribution < -0.4 is 5.73 Å². The molecule has 0 saturated heterocycles. The van der Waals surface area contributed by atoms with Crippen molar-refractivity contribution in [1.82, 2.24) is 4.90 Å². The normalized spacial score (nSPS) is 13.3. The lowest BCUT2D eigenvalue weighted by Crippen LogP contribution is -2.25. The fourth-order valence-corrected chi connectivity index (χ4v) is 2.76. The number of amides is 1. The van der Waals surface area contributed by atoms with E-state index < -0.39 is 0 Å². The van der Waals surface area contributed by atoms with Crippen LogP contribution in [-0.2, 0) is 13.1 Å². The van der Waals surface area contributed by atoms with Gasteiger partial charge < -0.3 is 15.7 Å². The Morgan fingerprint density at radius 2 is 1.90 bits per heavy atom. The van der Waals surface area contributed by atoms with Crippen LogP contribution in [0.1, 0.15) is 21.5 Å². The maximum atomic E-state index is 12.5. The number of anilines is 1. The van der Waals surface area contributed by atoms with Crippen LogP contribution >= 0.6 is 15.9 Å². The SMILES string of the molecule is Nc1ccc2c(c1)CN(C(=O)c1ccc(Br)cc1O)C2. The standard InChI is InChI=1S/C15H13BrN2O2/c16-11-2-4-13(14(19)6-11)15(20)18-7-9-1-3-12(17)5-10(9)8-18/h1-6,19H,7-8,17H2.